The van der Waals surface area contributed by atoms with Crippen LogP contribution in [0.25, 0.3) is 0 Å². The number of carboxylic acids is 1. The molecule has 1 aromatic heterocycles. The average molecular weight is 251 g/mol. The molecule has 1 aromatic carbocycles. The largest absolute Gasteiger partial charge is 0.478 e. The van der Waals surface area contributed by atoms with Crippen LogP contribution >= 0.6 is 0 Å². The Labute approximate surface area is 97.7 Å². The van der Waals surface area contributed by atoms with E-state index < -0.39 is 33.3 Å². The van der Waals surface area contributed by atoms with Crippen molar-refractivity contribution in [2.45, 2.75) is 0 Å². The third-order valence-electron chi connectivity index (χ3n) is 2.22. The number of carboxylic acid groups (broad SMARTS) is 1. The molecule has 0 radical (unpaired) electrons. The molecule has 92 valence electrons. The maximum Gasteiger partial charge on any atom is 0.340 e. The summed E-state index contributed by atoms with van der Waals surface area (Å²) in [7, 11) is 0. The van der Waals surface area contributed by atoms with Gasteiger partial charge in [0.1, 0.15) is 0 Å². The zero-order valence-corrected chi connectivity index (χ0v) is 8.61. The average Bonchev–Trinajstić information content (AvgIpc) is 2.87. The molecule has 0 unspecified atom stereocenters. The Morgan fingerprint density at radius 3 is 2.39 bits per heavy atom. The number of nitro benzene ring substituents is 1. The van der Waals surface area contributed by atoms with Crippen molar-refractivity contribution in [1.29, 1.82) is 0 Å². The summed E-state index contributed by atoms with van der Waals surface area (Å²) >= 11 is 0. The van der Waals surface area contributed by atoms with Gasteiger partial charge in [-0.05, 0) is 6.07 Å². The molecule has 0 amide bonds. The predicted molar refractivity (Wildman–Crippen MR) is 58.4 cm³/mol. The van der Waals surface area contributed by atoms with Gasteiger partial charge in [0.05, 0.1) is 16.2 Å². The van der Waals surface area contributed by atoms with Crippen molar-refractivity contribution in [3.8, 4) is 0 Å². The maximum atomic E-state index is 10.9. The molecule has 18 heavy (non-hydrogen) atoms. The number of nitrogens with one attached hydrogen (secondary N) is 1. The van der Waals surface area contributed by atoms with Gasteiger partial charge in [0.15, 0.2) is 0 Å². The van der Waals surface area contributed by atoms with Crippen LogP contribution in [0.4, 0.5) is 11.4 Å². The molecule has 0 saturated heterocycles. The minimum atomic E-state index is -1.41. The highest BCUT2D eigenvalue weighted by atomic mass is 16.6. The van der Waals surface area contributed by atoms with Gasteiger partial charge in [-0.3, -0.25) is 25.1 Å². The highest BCUT2D eigenvalue weighted by Gasteiger charge is 2.21. The monoisotopic (exact) mass is 251 g/mol. The lowest BCUT2D eigenvalue weighted by atomic mass is 10.1. The molecular weight excluding hydrogens is 246 g/mol. The van der Waals surface area contributed by atoms with E-state index in [4.69, 9.17) is 5.11 Å². The number of anilines is 1. The second kappa shape index (κ2) is 3.80. The summed E-state index contributed by atoms with van der Waals surface area (Å²) in [5.74, 6) is -1.41. The van der Waals surface area contributed by atoms with E-state index in [0.717, 1.165) is 18.2 Å². The first-order valence-electron chi connectivity index (χ1n) is 4.58. The standard InChI is InChI=1S/C9H5N3O6/c13-7-8(14)11(7)10-6-2-1-4(12(17)18)3-5(6)9(15)16/h1-3,10H,(H,15,16). The fourth-order valence-electron chi connectivity index (χ4n) is 1.28. The Hall–Kier alpha value is -2.97. The number of hydrogen-bond donors (Lipinski definition) is 2. The Balaban J connectivity index is 2.44. The fourth-order valence-corrected chi connectivity index (χ4v) is 1.28. The van der Waals surface area contributed by atoms with Crippen molar-refractivity contribution in [3.05, 3.63) is 54.6 Å². The zero-order chi connectivity index (χ0) is 13.4. The Morgan fingerprint density at radius 1 is 1.33 bits per heavy atom. The minimum absolute atomic E-state index is 0.0766. The number of rotatable bonds is 4. The number of carbonyl (C=O) groups is 1. The molecule has 9 heteroatoms. The van der Waals surface area contributed by atoms with Gasteiger partial charge in [-0.1, -0.05) is 0 Å². The lowest BCUT2D eigenvalue weighted by Gasteiger charge is -2.05. The number of benzene rings is 1. The van der Waals surface area contributed by atoms with E-state index in [-0.39, 0.29) is 5.69 Å². The van der Waals surface area contributed by atoms with Gasteiger partial charge in [0.25, 0.3) is 5.69 Å². The molecule has 0 aliphatic rings. The molecule has 9 nitrogen and oxygen atoms in total. The number of non-ortho nitro benzene ring substituents is 1. The molecule has 2 N–H and O–H groups in total. The molecule has 0 bridgehead atoms. The van der Waals surface area contributed by atoms with E-state index in [2.05, 4.69) is 5.43 Å². The van der Waals surface area contributed by atoms with E-state index in [0.29, 0.717) is 4.68 Å². The molecule has 0 aliphatic carbocycles. The molecule has 0 fully saturated rings. The van der Waals surface area contributed by atoms with Crippen LogP contribution in [-0.4, -0.2) is 20.7 Å². The van der Waals surface area contributed by atoms with Gasteiger partial charge in [-0.25, -0.2) is 4.79 Å². The number of nitro groups is 1. The van der Waals surface area contributed by atoms with Gasteiger partial charge >= 0.3 is 17.1 Å². The number of nitrogens with zero attached hydrogens (tertiary/aromatic N) is 2. The first-order valence-corrected chi connectivity index (χ1v) is 4.58. The molecule has 0 spiro atoms. The summed E-state index contributed by atoms with van der Waals surface area (Å²) in [5, 5.41) is 19.4. The van der Waals surface area contributed by atoms with Crippen molar-refractivity contribution in [3.63, 3.8) is 0 Å². The normalized spacial score (nSPS) is 10.4. The van der Waals surface area contributed by atoms with Crippen LogP contribution in [0.15, 0.2) is 27.8 Å². The van der Waals surface area contributed by atoms with Crippen LogP contribution in [0.3, 0.4) is 0 Å². The van der Waals surface area contributed by atoms with Gasteiger partial charge < -0.3 is 5.11 Å². The number of hydrogen-bond acceptors (Lipinski definition) is 6. The Bertz CT molecular complexity index is 699. The highest BCUT2D eigenvalue weighted by molar-refractivity contribution is 5.95. The predicted octanol–water partition coefficient (Wildman–Crippen LogP) is -0.434. The van der Waals surface area contributed by atoms with Crippen LogP contribution in [0.1, 0.15) is 10.4 Å². The minimum Gasteiger partial charge on any atom is -0.478 e. The molecule has 2 aromatic rings. The van der Waals surface area contributed by atoms with Crippen LogP contribution < -0.4 is 16.5 Å². The third-order valence-corrected chi connectivity index (χ3v) is 2.22. The highest BCUT2D eigenvalue weighted by Crippen LogP contribution is 2.22. The summed E-state index contributed by atoms with van der Waals surface area (Å²) in [4.78, 5) is 42.1. The van der Waals surface area contributed by atoms with E-state index >= 15 is 0 Å². The van der Waals surface area contributed by atoms with E-state index in [1.807, 2.05) is 0 Å². The van der Waals surface area contributed by atoms with Crippen molar-refractivity contribution < 1.29 is 14.8 Å². The summed E-state index contributed by atoms with van der Waals surface area (Å²) in [6.07, 6.45) is 0. The topological polar surface area (TPSA) is 132 Å². The molecule has 0 aliphatic heterocycles. The van der Waals surface area contributed by atoms with E-state index in [9.17, 15) is 24.5 Å². The van der Waals surface area contributed by atoms with Gasteiger partial charge in [-0.15, -0.1) is 0 Å². The second-order valence-corrected chi connectivity index (χ2v) is 3.35. The fraction of sp³-hybridized carbons (Fsp3) is 0. The van der Waals surface area contributed by atoms with Crippen LogP contribution in [0, 0.1) is 10.1 Å². The number of aromatic carboxylic acids is 1. The molecule has 0 saturated carbocycles. The van der Waals surface area contributed by atoms with Crippen molar-refractivity contribution >= 4 is 17.3 Å². The van der Waals surface area contributed by atoms with Crippen molar-refractivity contribution in [2.75, 3.05) is 5.43 Å². The van der Waals surface area contributed by atoms with E-state index in [1.54, 1.807) is 0 Å². The van der Waals surface area contributed by atoms with Gasteiger partial charge in [-0.2, -0.15) is 4.68 Å². The van der Waals surface area contributed by atoms with Gasteiger partial charge in [0.2, 0.25) is 0 Å². The summed E-state index contributed by atoms with van der Waals surface area (Å²) < 4.78 is 0.605. The molecule has 0 atom stereocenters. The molecular formula is C9H5N3O6. The van der Waals surface area contributed by atoms with Crippen molar-refractivity contribution in [1.82, 2.24) is 4.68 Å². The van der Waals surface area contributed by atoms with Crippen LogP contribution in [-0.2, 0) is 0 Å². The Kier molecular flexibility index (Phi) is 2.43. The third kappa shape index (κ3) is 1.84. The maximum absolute atomic E-state index is 10.9. The smallest absolute Gasteiger partial charge is 0.340 e. The number of aromatic nitrogens is 1. The van der Waals surface area contributed by atoms with Crippen LogP contribution in [0.2, 0.25) is 0 Å². The van der Waals surface area contributed by atoms with Crippen LogP contribution in [0.5, 0.6) is 0 Å². The second-order valence-electron chi connectivity index (χ2n) is 3.35. The first kappa shape index (κ1) is 11.5. The first-order chi connectivity index (χ1) is 8.41. The summed E-state index contributed by atoms with van der Waals surface area (Å²) in [6.45, 7) is 0. The SMILES string of the molecule is O=C(O)c1cc([N+](=O)[O-])ccc1Nn1c(=O)c1=O. The quantitative estimate of drug-likeness (QED) is 0.427. The van der Waals surface area contributed by atoms with Crippen molar-refractivity contribution in [2.24, 2.45) is 0 Å². The zero-order valence-electron chi connectivity index (χ0n) is 8.61. The van der Waals surface area contributed by atoms with E-state index in [1.165, 1.54) is 0 Å². The van der Waals surface area contributed by atoms with Gasteiger partial charge in [0, 0.05) is 12.1 Å². The molecule has 2 rings (SSSR count). The summed E-state index contributed by atoms with van der Waals surface area (Å²) in [6, 6.07) is 3.01. The summed E-state index contributed by atoms with van der Waals surface area (Å²) in [5.41, 5.74) is -0.224. The lowest BCUT2D eigenvalue weighted by Crippen LogP contribution is -2.12. The Morgan fingerprint density at radius 2 is 1.94 bits per heavy atom. The molecule has 1 heterocycles. The lowest BCUT2D eigenvalue weighted by molar-refractivity contribution is -0.384.